The monoisotopic (exact) mass is 436 g/mol. The summed E-state index contributed by atoms with van der Waals surface area (Å²) >= 11 is 6.57. The molecule has 0 saturated carbocycles. The molecule has 0 atom stereocenters. The van der Waals surface area contributed by atoms with E-state index in [1.54, 1.807) is 48.5 Å². The molecule has 150 valence electrons. The lowest BCUT2D eigenvalue weighted by Crippen LogP contribution is -2.27. The molecule has 0 N–H and O–H groups in total. The lowest BCUT2D eigenvalue weighted by atomic mass is 10.1. The largest absolute Gasteiger partial charge is 0.545 e. The summed E-state index contributed by atoms with van der Waals surface area (Å²) in [5.41, 5.74) is 1.23. The number of carboxylic acid groups (broad SMARTS) is 1. The third kappa shape index (κ3) is 3.74. The van der Waals surface area contributed by atoms with E-state index in [0.29, 0.717) is 37.7 Å². The first kappa shape index (κ1) is 19.9. The molecule has 1 amide bonds. The number of para-hydroxylation sites is 2. The van der Waals surface area contributed by atoms with Crippen molar-refractivity contribution in [2.45, 2.75) is 0 Å². The maximum atomic E-state index is 13.0. The van der Waals surface area contributed by atoms with Crippen LogP contribution in [0.3, 0.4) is 0 Å². The number of ether oxygens (including phenoxy) is 1. The van der Waals surface area contributed by atoms with Crippen LogP contribution < -0.4 is 14.7 Å². The fourth-order valence-electron chi connectivity index (χ4n) is 3.00. The summed E-state index contributed by atoms with van der Waals surface area (Å²) in [5, 5.41) is 11.1. The number of thiocarbonyl (C=S) groups is 1. The number of benzene rings is 2. The summed E-state index contributed by atoms with van der Waals surface area (Å²) in [7, 11) is 1.53. The van der Waals surface area contributed by atoms with Crippen molar-refractivity contribution in [3.63, 3.8) is 0 Å². The van der Waals surface area contributed by atoms with E-state index in [0.717, 1.165) is 0 Å². The molecule has 4 rings (SSSR count). The number of rotatable bonds is 5. The van der Waals surface area contributed by atoms with Crippen LogP contribution in [0.25, 0.3) is 17.4 Å². The summed E-state index contributed by atoms with van der Waals surface area (Å²) in [6.45, 7) is 0. The molecule has 3 aromatic rings. The van der Waals surface area contributed by atoms with Crippen molar-refractivity contribution in [3.05, 3.63) is 76.9 Å². The molecule has 0 bridgehead atoms. The lowest BCUT2D eigenvalue weighted by molar-refractivity contribution is -0.255. The van der Waals surface area contributed by atoms with Gasteiger partial charge in [-0.05, 0) is 35.9 Å². The van der Waals surface area contributed by atoms with E-state index in [2.05, 4.69) is 0 Å². The maximum Gasteiger partial charge on any atom is 0.271 e. The smallest absolute Gasteiger partial charge is 0.271 e. The first-order valence-electron chi connectivity index (χ1n) is 8.80. The molecule has 1 aromatic heterocycles. The van der Waals surface area contributed by atoms with Crippen molar-refractivity contribution in [1.82, 2.24) is 0 Å². The van der Waals surface area contributed by atoms with Gasteiger partial charge in [-0.2, -0.15) is 0 Å². The van der Waals surface area contributed by atoms with Crippen LogP contribution in [0.1, 0.15) is 16.1 Å². The highest BCUT2D eigenvalue weighted by atomic mass is 32.2. The molecule has 1 fully saturated rings. The predicted molar refractivity (Wildman–Crippen MR) is 117 cm³/mol. The molecule has 0 radical (unpaired) electrons. The van der Waals surface area contributed by atoms with Crippen molar-refractivity contribution in [1.29, 1.82) is 0 Å². The van der Waals surface area contributed by atoms with Crippen molar-refractivity contribution in [2.75, 3.05) is 12.0 Å². The molecule has 8 heteroatoms. The van der Waals surface area contributed by atoms with Crippen molar-refractivity contribution in [3.8, 4) is 17.1 Å². The predicted octanol–water partition coefficient (Wildman–Crippen LogP) is 3.72. The lowest BCUT2D eigenvalue weighted by Gasteiger charge is -2.17. The average Bonchev–Trinajstić information content (AvgIpc) is 3.32. The maximum absolute atomic E-state index is 13.0. The molecular weight excluding hydrogens is 422 g/mol. The van der Waals surface area contributed by atoms with Gasteiger partial charge in [0, 0.05) is 11.6 Å². The Bertz CT molecular complexity index is 1200. The third-order valence-electron chi connectivity index (χ3n) is 4.40. The van der Waals surface area contributed by atoms with Crippen LogP contribution >= 0.6 is 24.0 Å². The van der Waals surface area contributed by atoms with Crippen LogP contribution in [0.15, 0.2) is 70.0 Å². The highest BCUT2D eigenvalue weighted by Crippen LogP contribution is 2.40. The van der Waals surface area contributed by atoms with Gasteiger partial charge in [0.25, 0.3) is 5.91 Å². The Balaban J connectivity index is 1.62. The average molecular weight is 436 g/mol. The van der Waals surface area contributed by atoms with Crippen LogP contribution in [-0.2, 0) is 4.79 Å². The normalized spacial score (nSPS) is 15.1. The Morgan fingerprint density at radius 3 is 2.73 bits per heavy atom. The third-order valence-corrected chi connectivity index (χ3v) is 5.70. The van der Waals surface area contributed by atoms with E-state index in [1.807, 2.05) is 6.07 Å². The van der Waals surface area contributed by atoms with Gasteiger partial charge in [0.05, 0.1) is 23.7 Å². The second kappa shape index (κ2) is 8.17. The molecule has 1 saturated heterocycles. The number of amides is 1. The van der Waals surface area contributed by atoms with E-state index < -0.39 is 5.97 Å². The van der Waals surface area contributed by atoms with Gasteiger partial charge >= 0.3 is 0 Å². The SMILES string of the molecule is COc1ccccc1N1C(=O)/C(=C/c2ccc(-c3cccc(C(=O)[O-])c3)o2)SC1=S. The summed E-state index contributed by atoms with van der Waals surface area (Å²) in [6, 6.07) is 16.8. The Morgan fingerprint density at radius 2 is 1.97 bits per heavy atom. The zero-order chi connectivity index (χ0) is 21.3. The van der Waals surface area contributed by atoms with Crippen LogP contribution in [0.4, 0.5) is 5.69 Å². The Kier molecular flexibility index (Phi) is 5.43. The molecule has 0 unspecified atom stereocenters. The second-order valence-corrected chi connectivity index (χ2v) is 7.94. The Hall–Kier alpha value is -3.36. The van der Waals surface area contributed by atoms with E-state index in [4.69, 9.17) is 21.4 Å². The number of carbonyl (C=O) groups excluding carboxylic acids is 2. The number of thioether (sulfide) groups is 1. The first-order valence-corrected chi connectivity index (χ1v) is 10.0. The molecule has 30 heavy (non-hydrogen) atoms. The zero-order valence-electron chi connectivity index (χ0n) is 15.7. The number of anilines is 1. The molecule has 1 aliphatic rings. The fourth-order valence-corrected chi connectivity index (χ4v) is 4.27. The molecule has 6 nitrogen and oxygen atoms in total. The first-order chi connectivity index (χ1) is 14.5. The Labute approximate surface area is 181 Å². The number of hydrogen-bond acceptors (Lipinski definition) is 7. The van der Waals surface area contributed by atoms with Gasteiger partial charge < -0.3 is 19.1 Å². The molecule has 2 aromatic carbocycles. The van der Waals surface area contributed by atoms with Crippen LogP contribution in [0, 0.1) is 0 Å². The van der Waals surface area contributed by atoms with Crippen LogP contribution in [-0.4, -0.2) is 23.3 Å². The van der Waals surface area contributed by atoms with Gasteiger partial charge in [0.2, 0.25) is 0 Å². The summed E-state index contributed by atoms with van der Waals surface area (Å²) in [5.74, 6) is -0.0629. The minimum absolute atomic E-state index is 0.0585. The molecule has 0 aliphatic carbocycles. The van der Waals surface area contributed by atoms with Gasteiger partial charge in [-0.25, -0.2) is 0 Å². The van der Waals surface area contributed by atoms with E-state index in [-0.39, 0.29) is 11.5 Å². The standard InChI is InChI=1S/C22H15NO5S2/c1-27-18-8-3-2-7-16(18)23-20(24)19(30-22(23)29)12-15-9-10-17(28-15)13-5-4-6-14(11-13)21(25)26/h2-12H,1H3,(H,25,26)/p-1/b19-12-. The van der Waals surface area contributed by atoms with E-state index in [9.17, 15) is 14.7 Å². The summed E-state index contributed by atoms with van der Waals surface area (Å²) in [6.07, 6.45) is 1.61. The number of hydrogen-bond donors (Lipinski definition) is 0. The molecule has 2 heterocycles. The van der Waals surface area contributed by atoms with Gasteiger partial charge in [0.15, 0.2) is 4.32 Å². The number of furan rings is 1. The number of methoxy groups -OCH3 is 1. The summed E-state index contributed by atoms with van der Waals surface area (Å²) in [4.78, 5) is 25.9. The Morgan fingerprint density at radius 1 is 1.17 bits per heavy atom. The number of carbonyl (C=O) groups is 2. The molecular formula is C22H14NO5S2-. The number of aromatic carboxylic acids is 1. The van der Waals surface area contributed by atoms with Crippen LogP contribution in [0.2, 0.25) is 0 Å². The fraction of sp³-hybridized carbons (Fsp3) is 0.0455. The molecule has 0 spiro atoms. The van der Waals surface area contributed by atoms with Crippen LogP contribution in [0.5, 0.6) is 5.75 Å². The van der Waals surface area contributed by atoms with Gasteiger partial charge in [-0.1, -0.05) is 54.3 Å². The summed E-state index contributed by atoms with van der Waals surface area (Å²) < 4.78 is 11.5. The number of nitrogens with zero attached hydrogens (tertiary/aromatic N) is 1. The quantitative estimate of drug-likeness (QED) is 0.445. The minimum atomic E-state index is -1.26. The molecule has 1 aliphatic heterocycles. The van der Waals surface area contributed by atoms with Crippen molar-refractivity contribution >= 4 is 51.9 Å². The van der Waals surface area contributed by atoms with Gasteiger partial charge in [-0.3, -0.25) is 9.69 Å². The van der Waals surface area contributed by atoms with Gasteiger partial charge in [-0.15, -0.1) is 0 Å². The minimum Gasteiger partial charge on any atom is -0.545 e. The topological polar surface area (TPSA) is 82.8 Å². The number of carboxylic acids is 1. The van der Waals surface area contributed by atoms with Gasteiger partial charge in [0.1, 0.15) is 17.3 Å². The van der Waals surface area contributed by atoms with E-state index >= 15 is 0 Å². The van der Waals surface area contributed by atoms with Crippen molar-refractivity contribution < 1.29 is 23.8 Å². The van der Waals surface area contributed by atoms with Crippen molar-refractivity contribution in [2.24, 2.45) is 0 Å². The second-order valence-electron chi connectivity index (χ2n) is 6.26. The van der Waals surface area contributed by atoms with E-state index in [1.165, 1.54) is 35.9 Å². The zero-order valence-corrected chi connectivity index (χ0v) is 17.3. The highest BCUT2D eigenvalue weighted by molar-refractivity contribution is 8.27. The highest BCUT2D eigenvalue weighted by Gasteiger charge is 2.35.